The molecule has 2 rings (SSSR count). The van der Waals surface area contributed by atoms with Crippen molar-refractivity contribution in [1.29, 1.82) is 0 Å². The van der Waals surface area contributed by atoms with Crippen LogP contribution < -0.4 is 0 Å². The third-order valence-electron chi connectivity index (χ3n) is 5.19. The van der Waals surface area contributed by atoms with Gasteiger partial charge in [0.05, 0.1) is 16.3 Å². The summed E-state index contributed by atoms with van der Waals surface area (Å²) in [6.07, 6.45) is 1.42. The lowest BCUT2D eigenvalue weighted by molar-refractivity contribution is -0.385. The second-order valence-corrected chi connectivity index (χ2v) is 15.4. The Balaban J connectivity index is 1.73. The van der Waals surface area contributed by atoms with E-state index in [0.717, 1.165) is 12.4 Å². The van der Waals surface area contributed by atoms with E-state index in [-0.39, 0.29) is 41.1 Å². The van der Waals surface area contributed by atoms with Gasteiger partial charge in [-0.25, -0.2) is 9.97 Å². The standard InChI is InChI=1S/C24H27N5O12S5/c1-15(42-44-20-8-5-17(13-25-20)28(33)34)3-10-22(30)40-19(27-46(37,38)39)7-12-24(32)41-23(31)11-4-16(2)43-45-21-9-6-18(14-26-21)29(35)36/h5-6,8-9,13-16H,3-4,7,10-12H2,1-2H3,(H,37,38,39). The number of aromatic nitrogens is 2. The average Bonchev–Trinajstić information content (AvgIpc) is 2.99. The van der Waals surface area contributed by atoms with Crippen molar-refractivity contribution in [2.45, 2.75) is 72.9 Å². The molecule has 2 aromatic rings. The summed E-state index contributed by atoms with van der Waals surface area (Å²) >= 11 is 0. The maximum absolute atomic E-state index is 12.3. The van der Waals surface area contributed by atoms with Crippen molar-refractivity contribution in [2.24, 2.45) is 4.40 Å². The molecule has 2 atom stereocenters. The van der Waals surface area contributed by atoms with Gasteiger partial charge in [0.2, 0.25) is 5.90 Å². The quantitative estimate of drug-likeness (QED) is 0.0293. The molecule has 2 heterocycles. The monoisotopic (exact) mass is 737 g/mol. The van der Waals surface area contributed by atoms with Gasteiger partial charge in [-0.2, -0.15) is 8.42 Å². The molecule has 0 aliphatic carbocycles. The second kappa shape index (κ2) is 19.4. The molecule has 0 amide bonds. The van der Waals surface area contributed by atoms with Crippen LogP contribution in [0.4, 0.5) is 11.4 Å². The molecule has 0 saturated heterocycles. The van der Waals surface area contributed by atoms with E-state index in [9.17, 15) is 43.0 Å². The molecule has 250 valence electrons. The maximum atomic E-state index is 12.3. The van der Waals surface area contributed by atoms with E-state index >= 15 is 0 Å². The zero-order valence-corrected chi connectivity index (χ0v) is 28.2. The predicted molar refractivity (Wildman–Crippen MR) is 171 cm³/mol. The smallest absolute Gasteiger partial charge is 0.381 e. The summed E-state index contributed by atoms with van der Waals surface area (Å²) in [6.45, 7) is 3.62. The first-order valence-electron chi connectivity index (χ1n) is 13.0. The van der Waals surface area contributed by atoms with Gasteiger partial charge in [-0.3, -0.25) is 39.2 Å². The van der Waals surface area contributed by atoms with Crippen molar-refractivity contribution in [3.05, 3.63) is 56.9 Å². The van der Waals surface area contributed by atoms with E-state index in [1.54, 1.807) is 6.92 Å². The highest BCUT2D eigenvalue weighted by atomic mass is 33.1. The Kier molecular flexibility index (Phi) is 16.4. The van der Waals surface area contributed by atoms with E-state index in [1.165, 1.54) is 67.4 Å². The van der Waals surface area contributed by atoms with Crippen molar-refractivity contribution in [2.75, 3.05) is 0 Å². The molecular formula is C24H27N5O12S5. The molecule has 0 aliphatic heterocycles. The molecule has 17 nitrogen and oxygen atoms in total. The highest BCUT2D eigenvalue weighted by Crippen LogP contribution is 2.36. The Bertz CT molecular complexity index is 1530. The van der Waals surface area contributed by atoms with Gasteiger partial charge in [0, 0.05) is 41.9 Å². The average molecular weight is 738 g/mol. The maximum Gasteiger partial charge on any atom is 0.381 e. The van der Waals surface area contributed by atoms with Crippen LogP contribution in [0.2, 0.25) is 0 Å². The van der Waals surface area contributed by atoms with Crippen molar-refractivity contribution < 1.29 is 46.7 Å². The summed E-state index contributed by atoms with van der Waals surface area (Å²) in [5.41, 5.74) is -0.287. The van der Waals surface area contributed by atoms with Gasteiger partial charge in [0.25, 0.3) is 11.4 Å². The van der Waals surface area contributed by atoms with Crippen molar-refractivity contribution in [1.82, 2.24) is 9.97 Å². The molecule has 0 aromatic carbocycles. The molecule has 0 bridgehead atoms. The molecule has 0 radical (unpaired) electrons. The first-order chi connectivity index (χ1) is 21.6. The third-order valence-corrected chi connectivity index (χ3v) is 11.3. The molecular weight excluding hydrogens is 711 g/mol. The number of carbonyl (C=O) groups excluding carboxylic acids is 3. The highest BCUT2D eigenvalue weighted by molar-refractivity contribution is 8.77. The van der Waals surface area contributed by atoms with Crippen LogP contribution in [0.5, 0.6) is 0 Å². The molecule has 0 aliphatic rings. The van der Waals surface area contributed by atoms with Crippen LogP contribution in [0.25, 0.3) is 0 Å². The summed E-state index contributed by atoms with van der Waals surface area (Å²) in [4.78, 5) is 64.8. The number of ether oxygens (including phenoxy) is 2. The van der Waals surface area contributed by atoms with E-state index in [0.29, 0.717) is 16.5 Å². The lowest BCUT2D eigenvalue weighted by Gasteiger charge is -2.11. The first-order valence-corrected chi connectivity index (χ1v) is 18.8. The second-order valence-electron chi connectivity index (χ2n) is 9.03. The van der Waals surface area contributed by atoms with Crippen LogP contribution in [-0.2, 0) is 34.2 Å². The molecule has 0 spiro atoms. The van der Waals surface area contributed by atoms with Crippen molar-refractivity contribution in [3.63, 3.8) is 0 Å². The fourth-order valence-corrected chi connectivity index (χ4v) is 7.45. The summed E-state index contributed by atoms with van der Waals surface area (Å²) in [7, 11) is 0.218. The minimum absolute atomic E-state index is 0.0868. The van der Waals surface area contributed by atoms with Gasteiger partial charge in [-0.15, -0.1) is 4.40 Å². The van der Waals surface area contributed by atoms with E-state index in [1.807, 2.05) is 6.92 Å². The zero-order chi connectivity index (χ0) is 34.3. The summed E-state index contributed by atoms with van der Waals surface area (Å²) in [5, 5.41) is 22.3. The summed E-state index contributed by atoms with van der Waals surface area (Å²) in [5.74, 6) is -3.51. The molecule has 46 heavy (non-hydrogen) atoms. The van der Waals surface area contributed by atoms with E-state index in [4.69, 9.17) is 14.0 Å². The normalized spacial score (nSPS) is 13.0. The predicted octanol–water partition coefficient (Wildman–Crippen LogP) is 5.41. The van der Waals surface area contributed by atoms with Crippen LogP contribution >= 0.6 is 43.2 Å². The fourth-order valence-electron chi connectivity index (χ4n) is 2.93. The van der Waals surface area contributed by atoms with Gasteiger partial charge in [-0.1, -0.05) is 35.4 Å². The van der Waals surface area contributed by atoms with Crippen LogP contribution in [0, 0.1) is 20.2 Å². The number of esters is 3. The minimum atomic E-state index is -4.97. The van der Waals surface area contributed by atoms with Crippen LogP contribution in [0.3, 0.4) is 0 Å². The van der Waals surface area contributed by atoms with Crippen LogP contribution in [0.15, 0.2) is 51.1 Å². The SMILES string of the molecule is CC(CCC(=O)OC(=O)CCC(=NS(=O)(=O)O)OC(=O)CCC(C)SSc1ccc([N+](=O)[O-])cn1)SSc1ccc([N+](=O)[O-])cn1. The van der Waals surface area contributed by atoms with Gasteiger partial charge < -0.3 is 9.47 Å². The van der Waals surface area contributed by atoms with Gasteiger partial charge in [-0.05, 0) is 46.6 Å². The molecule has 1 N–H and O–H groups in total. The Hall–Kier alpha value is -3.31. The zero-order valence-electron chi connectivity index (χ0n) is 24.1. The number of nitro groups is 2. The van der Waals surface area contributed by atoms with Gasteiger partial charge >= 0.3 is 28.2 Å². The van der Waals surface area contributed by atoms with E-state index < -0.39 is 56.8 Å². The number of rotatable bonds is 18. The lowest BCUT2D eigenvalue weighted by atomic mass is 10.2. The Morgan fingerprint density at radius 3 is 1.63 bits per heavy atom. The summed E-state index contributed by atoms with van der Waals surface area (Å²) < 4.78 is 44.2. The number of carbonyl (C=O) groups is 3. The van der Waals surface area contributed by atoms with Crippen molar-refractivity contribution >= 4 is 88.7 Å². The number of hydrogen-bond donors (Lipinski definition) is 1. The molecule has 2 unspecified atom stereocenters. The van der Waals surface area contributed by atoms with Crippen LogP contribution in [0.1, 0.15) is 52.4 Å². The Morgan fingerprint density at radius 1 is 0.804 bits per heavy atom. The minimum Gasteiger partial charge on any atom is -0.411 e. The van der Waals surface area contributed by atoms with Gasteiger partial charge in [0.1, 0.15) is 22.4 Å². The number of hydrogen-bond acceptors (Lipinski definition) is 17. The Labute approximate surface area is 278 Å². The summed E-state index contributed by atoms with van der Waals surface area (Å²) in [6, 6.07) is 5.61. The molecule has 0 saturated carbocycles. The van der Waals surface area contributed by atoms with Crippen LogP contribution in [-0.4, -0.2) is 67.1 Å². The third kappa shape index (κ3) is 16.3. The molecule has 0 fully saturated rings. The fraction of sp³-hybridized carbons (Fsp3) is 0.417. The van der Waals surface area contributed by atoms with E-state index in [2.05, 4.69) is 14.4 Å². The highest BCUT2D eigenvalue weighted by Gasteiger charge is 2.19. The molecule has 22 heteroatoms. The number of nitrogens with zero attached hydrogens (tertiary/aromatic N) is 5. The topological polar surface area (TPSA) is 248 Å². The largest absolute Gasteiger partial charge is 0.411 e. The van der Waals surface area contributed by atoms with Crippen molar-refractivity contribution in [3.8, 4) is 0 Å². The lowest BCUT2D eigenvalue weighted by Crippen LogP contribution is -2.18. The first kappa shape index (κ1) is 38.9. The Morgan fingerprint density at radius 2 is 1.24 bits per heavy atom. The molecule has 2 aromatic heterocycles. The number of pyridine rings is 2. The van der Waals surface area contributed by atoms with Gasteiger partial charge in [0.15, 0.2) is 0 Å².